The van der Waals surface area contributed by atoms with Gasteiger partial charge in [0, 0.05) is 12.1 Å². The summed E-state index contributed by atoms with van der Waals surface area (Å²) in [6.45, 7) is 0.534. The Bertz CT molecular complexity index is 768. The van der Waals surface area contributed by atoms with Crippen molar-refractivity contribution < 1.29 is 39.9 Å². The molecule has 0 atom stereocenters. The molecule has 2 rings (SSSR count). The minimum Gasteiger partial charge on any atom is -0.406 e. The molecule has 28 heavy (non-hydrogen) atoms. The fraction of sp³-hybridized carbons (Fsp3) is 0.333. The van der Waals surface area contributed by atoms with Crippen molar-refractivity contribution in [2.75, 3.05) is 6.54 Å². The average Bonchev–Trinajstić information content (AvgIpc) is 2.57. The maximum atomic E-state index is 13.2. The minimum absolute atomic E-state index is 0.191. The molecule has 0 fully saturated rings. The van der Waals surface area contributed by atoms with Gasteiger partial charge >= 0.3 is 18.5 Å². The van der Waals surface area contributed by atoms with E-state index in [1.807, 2.05) is 0 Å². The molecule has 0 aliphatic heterocycles. The molecule has 0 aliphatic rings. The van der Waals surface area contributed by atoms with Crippen molar-refractivity contribution in [1.82, 2.24) is 5.32 Å². The summed E-state index contributed by atoms with van der Waals surface area (Å²) in [6.07, 6.45) is -10.1. The molecule has 0 bridgehead atoms. The van der Waals surface area contributed by atoms with Crippen molar-refractivity contribution in [2.24, 2.45) is 0 Å². The van der Waals surface area contributed by atoms with Gasteiger partial charge in [-0.05, 0) is 36.2 Å². The first-order valence-corrected chi connectivity index (χ1v) is 7.98. The van der Waals surface area contributed by atoms with Gasteiger partial charge in [0.25, 0.3) is 0 Å². The summed E-state index contributed by atoms with van der Waals surface area (Å²) in [6, 6.07) is 9.16. The van der Waals surface area contributed by atoms with Gasteiger partial charge in [0.1, 0.15) is 5.75 Å². The third kappa shape index (κ3) is 6.08. The molecule has 2 aromatic rings. The molecule has 0 unspecified atom stereocenters. The highest BCUT2D eigenvalue weighted by atomic mass is 19.4. The second-order valence-corrected chi connectivity index (χ2v) is 5.89. The van der Waals surface area contributed by atoms with Gasteiger partial charge in [-0.2, -0.15) is 22.0 Å². The number of ether oxygens (including phenoxy) is 1. The van der Waals surface area contributed by atoms with Crippen LogP contribution in [0.1, 0.15) is 16.7 Å². The standard InChI is InChI=1S/C18H15F8NO/c19-16(20,17(21,22)23)14-6-4-13(5-7-14)11-27-9-8-12-2-1-3-15(10-12)28-18(24,25)26/h1-7,10,27H,8-9,11H2. The van der Waals surface area contributed by atoms with E-state index in [-0.39, 0.29) is 12.3 Å². The van der Waals surface area contributed by atoms with Gasteiger partial charge in [-0.25, -0.2) is 0 Å². The van der Waals surface area contributed by atoms with Crippen LogP contribution in [0.2, 0.25) is 0 Å². The zero-order chi connectivity index (χ0) is 21.0. The van der Waals surface area contributed by atoms with Crippen LogP contribution in [-0.4, -0.2) is 19.1 Å². The van der Waals surface area contributed by atoms with Gasteiger partial charge in [-0.3, -0.25) is 0 Å². The second-order valence-electron chi connectivity index (χ2n) is 5.89. The maximum absolute atomic E-state index is 13.2. The number of halogens is 8. The van der Waals surface area contributed by atoms with Crippen LogP contribution in [0.15, 0.2) is 48.5 Å². The summed E-state index contributed by atoms with van der Waals surface area (Å²) in [4.78, 5) is 0. The molecular formula is C18H15F8NO. The van der Waals surface area contributed by atoms with Crippen LogP contribution in [0.25, 0.3) is 0 Å². The minimum atomic E-state index is -5.67. The number of benzene rings is 2. The van der Waals surface area contributed by atoms with Crippen LogP contribution in [0.3, 0.4) is 0 Å². The first kappa shape index (κ1) is 21.9. The Kier molecular flexibility index (Phi) is 6.53. The predicted molar refractivity (Wildman–Crippen MR) is 84.9 cm³/mol. The number of rotatable bonds is 7. The maximum Gasteiger partial charge on any atom is 0.573 e. The predicted octanol–water partition coefficient (Wildman–Crippen LogP) is 5.57. The highest BCUT2D eigenvalue weighted by Crippen LogP contribution is 2.43. The molecule has 2 aromatic carbocycles. The van der Waals surface area contributed by atoms with Crippen molar-refractivity contribution in [3.05, 3.63) is 65.2 Å². The molecule has 1 N–H and O–H groups in total. The molecule has 154 valence electrons. The fourth-order valence-corrected chi connectivity index (χ4v) is 2.36. The van der Waals surface area contributed by atoms with Crippen molar-refractivity contribution >= 4 is 0 Å². The average molecular weight is 413 g/mol. The molecule has 2 nitrogen and oxygen atoms in total. The van der Waals surface area contributed by atoms with E-state index in [1.54, 1.807) is 6.07 Å². The number of nitrogens with one attached hydrogen (secondary N) is 1. The summed E-state index contributed by atoms with van der Waals surface area (Å²) >= 11 is 0. The summed E-state index contributed by atoms with van der Waals surface area (Å²) in [5.74, 6) is -5.27. The lowest BCUT2D eigenvalue weighted by atomic mass is 10.1. The summed E-state index contributed by atoms with van der Waals surface area (Å²) in [7, 11) is 0. The van der Waals surface area contributed by atoms with Crippen LogP contribution in [0, 0.1) is 0 Å². The van der Waals surface area contributed by atoms with E-state index in [1.165, 1.54) is 18.2 Å². The lowest BCUT2D eigenvalue weighted by molar-refractivity contribution is -0.289. The second kappa shape index (κ2) is 8.34. The molecule has 0 aliphatic carbocycles. The Labute approximate surface area is 155 Å². The normalized spacial score (nSPS) is 12.9. The zero-order valence-electron chi connectivity index (χ0n) is 14.2. The summed E-state index contributed by atoms with van der Waals surface area (Å²) < 4.78 is 104. The van der Waals surface area contributed by atoms with Gasteiger partial charge in [-0.1, -0.05) is 36.4 Å². The molecule has 0 heterocycles. The molecule has 10 heteroatoms. The quantitative estimate of drug-likeness (QED) is 0.473. The van der Waals surface area contributed by atoms with Crippen LogP contribution >= 0.6 is 0 Å². The SMILES string of the molecule is FC(F)(F)Oc1cccc(CCNCc2ccc(C(F)(F)C(F)(F)F)cc2)c1. The topological polar surface area (TPSA) is 21.3 Å². The van der Waals surface area contributed by atoms with Crippen LogP contribution in [-0.2, 0) is 18.9 Å². The van der Waals surface area contributed by atoms with Gasteiger partial charge in [-0.15, -0.1) is 13.2 Å². The molecule has 0 saturated carbocycles. The third-order valence-electron chi connectivity index (χ3n) is 3.72. The van der Waals surface area contributed by atoms with E-state index in [0.717, 1.165) is 12.1 Å². The number of hydrogen-bond acceptors (Lipinski definition) is 2. The Morgan fingerprint density at radius 3 is 2.00 bits per heavy atom. The lowest BCUT2D eigenvalue weighted by Crippen LogP contribution is -2.33. The largest absolute Gasteiger partial charge is 0.573 e. The van der Waals surface area contributed by atoms with E-state index >= 15 is 0 Å². The van der Waals surface area contributed by atoms with E-state index in [9.17, 15) is 35.1 Å². The Hall–Kier alpha value is -2.36. The summed E-state index contributed by atoms with van der Waals surface area (Å²) in [5.41, 5.74) is -0.0875. The highest BCUT2D eigenvalue weighted by molar-refractivity contribution is 5.29. The van der Waals surface area contributed by atoms with Gasteiger partial charge < -0.3 is 10.1 Å². The Morgan fingerprint density at radius 2 is 1.43 bits per heavy atom. The van der Waals surface area contributed by atoms with Gasteiger partial charge in [0.15, 0.2) is 0 Å². The smallest absolute Gasteiger partial charge is 0.406 e. The molecule has 0 aromatic heterocycles. The Morgan fingerprint density at radius 1 is 0.786 bits per heavy atom. The van der Waals surface area contributed by atoms with E-state index < -0.39 is 24.0 Å². The van der Waals surface area contributed by atoms with Crippen LogP contribution in [0.5, 0.6) is 5.75 Å². The lowest BCUT2D eigenvalue weighted by Gasteiger charge is -2.20. The number of hydrogen-bond donors (Lipinski definition) is 1. The summed E-state index contributed by atoms with van der Waals surface area (Å²) in [5, 5.41) is 2.93. The van der Waals surface area contributed by atoms with Crippen molar-refractivity contribution in [2.45, 2.75) is 31.4 Å². The molecule has 0 saturated heterocycles. The van der Waals surface area contributed by atoms with Gasteiger partial charge in [0.05, 0.1) is 0 Å². The molecule has 0 radical (unpaired) electrons. The van der Waals surface area contributed by atoms with E-state index in [4.69, 9.17) is 0 Å². The van der Waals surface area contributed by atoms with Crippen LogP contribution in [0.4, 0.5) is 35.1 Å². The fourth-order valence-electron chi connectivity index (χ4n) is 2.36. The van der Waals surface area contributed by atoms with Gasteiger partial charge in [0.2, 0.25) is 0 Å². The zero-order valence-corrected chi connectivity index (χ0v) is 14.2. The van der Waals surface area contributed by atoms with E-state index in [0.29, 0.717) is 36.2 Å². The highest BCUT2D eigenvalue weighted by Gasteiger charge is 2.58. The third-order valence-corrected chi connectivity index (χ3v) is 3.72. The molecular weight excluding hydrogens is 398 g/mol. The van der Waals surface area contributed by atoms with Crippen molar-refractivity contribution in [1.29, 1.82) is 0 Å². The molecule has 0 spiro atoms. The molecule has 0 amide bonds. The monoisotopic (exact) mass is 413 g/mol. The van der Waals surface area contributed by atoms with Crippen molar-refractivity contribution in [3.63, 3.8) is 0 Å². The van der Waals surface area contributed by atoms with Crippen LogP contribution < -0.4 is 10.1 Å². The Balaban J connectivity index is 1.85. The first-order chi connectivity index (χ1) is 12.9. The van der Waals surface area contributed by atoms with Crippen molar-refractivity contribution in [3.8, 4) is 5.75 Å². The first-order valence-electron chi connectivity index (χ1n) is 7.98. The number of alkyl halides is 8. The van der Waals surface area contributed by atoms with E-state index in [2.05, 4.69) is 10.1 Å².